The fourth-order valence-corrected chi connectivity index (χ4v) is 2.09. The van der Waals surface area contributed by atoms with E-state index >= 15 is 0 Å². The number of aromatic nitrogens is 1. The van der Waals surface area contributed by atoms with E-state index in [1.54, 1.807) is 7.11 Å². The van der Waals surface area contributed by atoms with Gasteiger partial charge in [0, 0.05) is 6.54 Å². The summed E-state index contributed by atoms with van der Waals surface area (Å²) in [6, 6.07) is 16.0. The summed E-state index contributed by atoms with van der Waals surface area (Å²) in [7, 11) is 1.66. The van der Waals surface area contributed by atoms with E-state index in [1.807, 2.05) is 48.5 Å². The van der Waals surface area contributed by atoms with Gasteiger partial charge in [0.15, 0.2) is 5.58 Å². The number of hydrogen-bond donors (Lipinski definition) is 1. The first-order chi connectivity index (χ1) is 10.8. The topological polar surface area (TPSA) is 56.5 Å². The first-order valence-electron chi connectivity index (χ1n) is 7.15. The maximum Gasteiger partial charge on any atom is 0.295 e. The number of methoxy groups -OCH3 is 1. The molecule has 0 atom stereocenters. The van der Waals surface area contributed by atoms with E-state index in [4.69, 9.17) is 13.9 Å². The van der Waals surface area contributed by atoms with Crippen molar-refractivity contribution in [1.29, 1.82) is 0 Å². The second kappa shape index (κ2) is 6.95. The Morgan fingerprint density at radius 3 is 2.68 bits per heavy atom. The van der Waals surface area contributed by atoms with E-state index in [9.17, 15) is 0 Å². The van der Waals surface area contributed by atoms with Crippen molar-refractivity contribution in [2.75, 3.05) is 25.6 Å². The number of rotatable bonds is 7. The van der Waals surface area contributed by atoms with Crippen LogP contribution in [0.5, 0.6) is 5.75 Å². The molecule has 1 N–H and O–H groups in total. The van der Waals surface area contributed by atoms with Crippen molar-refractivity contribution < 1.29 is 13.9 Å². The summed E-state index contributed by atoms with van der Waals surface area (Å²) < 4.78 is 16.3. The van der Waals surface area contributed by atoms with E-state index in [2.05, 4.69) is 10.3 Å². The molecule has 0 radical (unpaired) electrons. The van der Waals surface area contributed by atoms with Crippen LogP contribution in [-0.2, 0) is 11.3 Å². The summed E-state index contributed by atoms with van der Waals surface area (Å²) >= 11 is 0. The maximum absolute atomic E-state index is 5.62. The van der Waals surface area contributed by atoms with Gasteiger partial charge in [-0.3, -0.25) is 0 Å². The van der Waals surface area contributed by atoms with Gasteiger partial charge in [0.25, 0.3) is 6.01 Å². The Hall–Kier alpha value is -2.53. The van der Waals surface area contributed by atoms with Gasteiger partial charge in [-0.25, -0.2) is 0 Å². The van der Waals surface area contributed by atoms with Crippen molar-refractivity contribution in [3.63, 3.8) is 0 Å². The summed E-state index contributed by atoms with van der Waals surface area (Å²) in [4.78, 5) is 4.34. The van der Waals surface area contributed by atoms with Gasteiger partial charge in [0.2, 0.25) is 0 Å². The minimum atomic E-state index is 0.522. The molecule has 0 amide bonds. The standard InChI is InChI=1S/C17H18N2O3/c1-20-14-8-6-13(7-9-14)12-21-11-10-18-17-19-15-4-2-3-5-16(15)22-17/h2-9H,10-12H2,1H3,(H,18,19). The molecule has 2 aromatic carbocycles. The highest BCUT2D eigenvalue weighted by Gasteiger charge is 2.03. The summed E-state index contributed by atoms with van der Waals surface area (Å²) in [5.41, 5.74) is 2.75. The van der Waals surface area contributed by atoms with Gasteiger partial charge in [0.05, 0.1) is 20.3 Å². The third-order valence-electron chi connectivity index (χ3n) is 3.24. The van der Waals surface area contributed by atoms with Gasteiger partial charge in [-0.05, 0) is 29.8 Å². The second-order valence-electron chi connectivity index (χ2n) is 4.81. The van der Waals surface area contributed by atoms with E-state index in [0.717, 1.165) is 22.4 Å². The Balaban J connectivity index is 1.41. The fraction of sp³-hybridized carbons (Fsp3) is 0.235. The molecule has 114 valence electrons. The van der Waals surface area contributed by atoms with Gasteiger partial charge in [-0.2, -0.15) is 4.98 Å². The Kier molecular flexibility index (Phi) is 4.56. The molecular weight excluding hydrogens is 280 g/mol. The average Bonchev–Trinajstić information content (AvgIpc) is 2.98. The number of para-hydroxylation sites is 2. The zero-order chi connectivity index (χ0) is 15.2. The molecule has 0 saturated heterocycles. The molecule has 0 aliphatic rings. The number of benzene rings is 2. The van der Waals surface area contributed by atoms with Gasteiger partial charge < -0.3 is 19.2 Å². The molecule has 0 unspecified atom stereocenters. The van der Waals surface area contributed by atoms with Gasteiger partial charge in [-0.1, -0.05) is 24.3 Å². The molecule has 0 saturated carbocycles. The van der Waals surface area contributed by atoms with Crippen LogP contribution in [0.3, 0.4) is 0 Å². The number of nitrogens with one attached hydrogen (secondary N) is 1. The maximum atomic E-state index is 5.62. The van der Waals surface area contributed by atoms with Gasteiger partial charge in [0.1, 0.15) is 11.3 Å². The van der Waals surface area contributed by atoms with Crippen LogP contribution in [0.25, 0.3) is 11.1 Å². The van der Waals surface area contributed by atoms with E-state index < -0.39 is 0 Å². The average molecular weight is 298 g/mol. The third kappa shape index (κ3) is 3.56. The molecular formula is C17H18N2O3. The van der Waals surface area contributed by atoms with Crippen molar-refractivity contribution in [3.8, 4) is 5.75 Å². The largest absolute Gasteiger partial charge is 0.497 e. The van der Waals surface area contributed by atoms with Crippen molar-refractivity contribution in [1.82, 2.24) is 4.98 Å². The van der Waals surface area contributed by atoms with Crippen molar-refractivity contribution in [3.05, 3.63) is 54.1 Å². The molecule has 1 aromatic heterocycles. The number of ether oxygens (including phenoxy) is 2. The van der Waals surface area contributed by atoms with Crippen molar-refractivity contribution >= 4 is 17.1 Å². The second-order valence-corrected chi connectivity index (χ2v) is 4.81. The van der Waals surface area contributed by atoms with Crippen LogP contribution in [0.2, 0.25) is 0 Å². The Morgan fingerprint density at radius 2 is 1.91 bits per heavy atom. The minimum absolute atomic E-state index is 0.522. The molecule has 1 heterocycles. The molecule has 22 heavy (non-hydrogen) atoms. The quantitative estimate of drug-likeness (QED) is 0.677. The Morgan fingerprint density at radius 1 is 1.09 bits per heavy atom. The summed E-state index contributed by atoms with van der Waals surface area (Å²) in [6.45, 7) is 1.78. The molecule has 5 nitrogen and oxygen atoms in total. The highest BCUT2D eigenvalue weighted by atomic mass is 16.5. The SMILES string of the molecule is COc1ccc(COCCNc2nc3ccccc3o2)cc1. The third-order valence-corrected chi connectivity index (χ3v) is 3.24. The predicted octanol–water partition coefficient (Wildman–Crippen LogP) is 3.47. The lowest BCUT2D eigenvalue weighted by Crippen LogP contribution is -2.09. The number of nitrogens with zero attached hydrogens (tertiary/aromatic N) is 1. The molecule has 0 fully saturated rings. The molecule has 3 rings (SSSR count). The normalized spacial score (nSPS) is 10.8. The summed E-state index contributed by atoms with van der Waals surface area (Å²) in [5, 5.41) is 3.12. The van der Waals surface area contributed by atoms with Crippen molar-refractivity contribution in [2.24, 2.45) is 0 Å². The van der Waals surface area contributed by atoms with Crippen LogP contribution in [0.4, 0.5) is 6.01 Å². The number of hydrogen-bond acceptors (Lipinski definition) is 5. The fourth-order valence-electron chi connectivity index (χ4n) is 2.09. The van der Waals surface area contributed by atoms with Crippen LogP contribution in [0.1, 0.15) is 5.56 Å². The highest BCUT2D eigenvalue weighted by molar-refractivity contribution is 5.74. The first-order valence-corrected chi connectivity index (χ1v) is 7.15. The molecule has 0 aliphatic carbocycles. The predicted molar refractivity (Wildman–Crippen MR) is 85.1 cm³/mol. The number of anilines is 1. The van der Waals surface area contributed by atoms with E-state index in [-0.39, 0.29) is 0 Å². The van der Waals surface area contributed by atoms with Gasteiger partial charge in [-0.15, -0.1) is 0 Å². The molecule has 0 spiro atoms. The molecule has 5 heteroatoms. The zero-order valence-electron chi connectivity index (χ0n) is 12.4. The van der Waals surface area contributed by atoms with E-state index in [1.165, 1.54) is 0 Å². The van der Waals surface area contributed by atoms with Crippen LogP contribution in [0.15, 0.2) is 52.9 Å². The van der Waals surface area contributed by atoms with Crippen LogP contribution in [-0.4, -0.2) is 25.2 Å². The molecule has 3 aromatic rings. The Labute approximate surface area is 128 Å². The zero-order valence-corrected chi connectivity index (χ0v) is 12.4. The monoisotopic (exact) mass is 298 g/mol. The summed E-state index contributed by atoms with van der Waals surface area (Å²) in [6.07, 6.45) is 0. The lowest BCUT2D eigenvalue weighted by atomic mass is 10.2. The number of fused-ring (bicyclic) bond motifs is 1. The first kappa shape index (κ1) is 14.4. The minimum Gasteiger partial charge on any atom is -0.497 e. The molecule has 0 aliphatic heterocycles. The van der Waals surface area contributed by atoms with Crippen LogP contribution in [0, 0.1) is 0 Å². The number of oxazole rings is 1. The Bertz CT molecular complexity index is 689. The van der Waals surface area contributed by atoms with Crippen molar-refractivity contribution in [2.45, 2.75) is 6.61 Å². The highest BCUT2D eigenvalue weighted by Crippen LogP contribution is 2.17. The van der Waals surface area contributed by atoms with Crippen LogP contribution >= 0.6 is 0 Å². The summed E-state index contributed by atoms with van der Waals surface area (Å²) in [5.74, 6) is 0.848. The lowest BCUT2D eigenvalue weighted by molar-refractivity contribution is 0.130. The van der Waals surface area contributed by atoms with E-state index in [0.29, 0.717) is 25.8 Å². The molecule has 0 bridgehead atoms. The van der Waals surface area contributed by atoms with Crippen LogP contribution < -0.4 is 10.1 Å². The lowest BCUT2D eigenvalue weighted by Gasteiger charge is -2.05. The van der Waals surface area contributed by atoms with Gasteiger partial charge >= 0.3 is 0 Å². The smallest absolute Gasteiger partial charge is 0.295 e.